The molecule has 0 aliphatic heterocycles. The van der Waals surface area contributed by atoms with Gasteiger partial charge < -0.3 is 0 Å². The number of aryl methyl sites for hydroxylation is 6. The zero-order valence-corrected chi connectivity index (χ0v) is 56.2. The van der Waals surface area contributed by atoms with Gasteiger partial charge in [0.1, 0.15) is 67.3 Å². The van der Waals surface area contributed by atoms with Crippen molar-refractivity contribution in [3.8, 4) is 63.4 Å². The molecule has 9 heterocycles. The molecule has 444 valence electrons. The van der Waals surface area contributed by atoms with Crippen LogP contribution in [0.2, 0.25) is 0 Å². The van der Waals surface area contributed by atoms with Crippen LogP contribution in [0.4, 0.5) is 0 Å². The smallest absolute Gasteiger partial charge is 0.120 e. The van der Waals surface area contributed by atoms with E-state index in [1.807, 2.05) is 68.0 Å². The number of thiophene rings is 6. The van der Waals surface area contributed by atoms with Crippen LogP contribution in [-0.2, 0) is 38.5 Å². The fraction of sp³-hybridized carbons (Fsp3) is 0.500. The van der Waals surface area contributed by atoms with Crippen LogP contribution in [0, 0.1) is 0 Å². The van der Waals surface area contributed by atoms with Crippen molar-refractivity contribution in [3.05, 3.63) is 102 Å². The summed E-state index contributed by atoms with van der Waals surface area (Å²) in [5.74, 6) is 0. The van der Waals surface area contributed by atoms with E-state index in [0.717, 1.165) is 135 Å². The van der Waals surface area contributed by atoms with Gasteiger partial charge in [0.2, 0.25) is 0 Å². The lowest BCUT2D eigenvalue weighted by Crippen LogP contribution is -2.03. The molecule has 0 aliphatic rings. The molecule has 0 spiro atoms. The van der Waals surface area contributed by atoms with E-state index in [4.69, 9.17) is 29.9 Å². The van der Waals surface area contributed by atoms with E-state index in [0.29, 0.717) is 0 Å². The van der Waals surface area contributed by atoms with Crippen LogP contribution in [0.3, 0.4) is 0 Å². The Morgan fingerprint density at radius 2 is 0.357 bits per heavy atom. The van der Waals surface area contributed by atoms with Gasteiger partial charge in [0, 0.05) is 29.3 Å². The summed E-state index contributed by atoms with van der Waals surface area (Å²) < 4.78 is 0. The molecule has 0 bridgehead atoms. The maximum atomic E-state index is 5.95. The van der Waals surface area contributed by atoms with Gasteiger partial charge >= 0.3 is 0 Å². The molecule has 12 heteroatoms. The predicted octanol–water partition coefficient (Wildman–Crippen LogP) is 24.6. The number of fused-ring (bicyclic) bond motifs is 6. The normalized spacial score (nSPS) is 11.9. The molecule has 0 saturated heterocycles. The monoisotopic (exact) mass is 1230 g/mol. The Morgan fingerprint density at radius 3 is 0.500 bits per heavy atom. The summed E-state index contributed by atoms with van der Waals surface area (Å²) in [7, 11) is 0. The van der Waals surface area contributed by atoms with Gasteiger partial charge in [-0.3, -0.25) is 0 Å². The van der Waals surface area contributed by atoms with E-state index in [2.05, 4.69) is 114 Å². The third-order valence-corrected chi connectivity index (χ3v) is 23.3. The minimum Gasteiger partial charge on any atom is -0.240 e. The third kappa shape index (κ3) is 15.8. The number of unbranched alkanes of at least 4 members (excludes halogenated alkanes) is 18. The molecule has 0 N–H and O–H groups in total. The van der Waals surface area contributed by atoms with E-state index in [1.54, 1.807) is 0 Å². The maximum Gasteiger partial charge on any atom is 0.120 e. The quantitative estimate of drug-likeness (QED) is 0.0288. The van der Waals surface area contributed by atoms with E-state index >= 15 is 0 Å². The van der Waals surface area contributed by atoms with Crippen LogP contribution in [0.5, 0.6) is 0 Å². The van der Waals surface area contributed by atoms with Crippen molar-refractivity contribution >= 4 is 101 Å². The van der Waals surface area contributed by atoms with Crippen molar-refractivity contribution in [1.82, 2.24) is 29.9 Å². The Bertz CT molecular complexity index is 3020. The molecule has 1 aromatic carbocycles. The molecule has 0 unspecified atom stereocenters. The van der Waals surface area contributed by atoms with Gasteiger partial charge in [-0.1, -0.05) is 157 Å². The number of rotatable bonds is 36. The van der Waals surface area contributed by atoms with Crippen molar-refractivity contribution in [1.29, 1.82) is 0 Å². The molecule has 6 nitrogen and oxygen atoms in total. The highest BCUT2D eigenvalue weighted by molar-refractivity contribution is 7.17. The Morgan fingerprint density at radius 1 is 0.202 bits per heavy atom. The number of benzene rings is 1. The fourth-order valence-corrected chi connectivity index (χ4v) is 17.8. The van der Waals surface area contributed by atoms with Crippen molar-refractivity contribution in [2.75, 3.05) is 0 Å². The van der Waals surface area contributed by atoms with Gasteiger partial charge in [-0.25, -0.2) is 29.9 Å². The summed E-state index contributed by atoms with van der Waals surface area (Å²) in [6, 6.07) is 27.9. The molecule has 0 fully saturated rings. The van der Waals surface area contributed by atoms with Gasteiger partial charge in [-0.15, -0.1) is 68.0 Å². The van der Waals surface area contributed by atoms with Crippen LogP contribution in [0.1, 0.15) is 225 Å². The first-order valence-electron chi connectivity index (χ1n) is 32.7. The summed E-state index contributed by atoms with van der Waals surface area (Å²) in [5.41, 5.74) is 9.93. The van der Waals surface area contributed by atoms with Crippen LogP contribution < -0.4 is 0 Å². The molecule has 10 aromatic rings. The second-order valence-electron chi connectivity index (χ2n) is 23.3. The van der Waals surface area contributed by atoms with Gasteiger partial charge in [-0.05, 0) is 150 Å². The Balaban J connectivity index is 1.25. The second-order valence-corrected chi connectivity index (χ2v) is 30.3. The largest absolute Gasteiger partial charge is 0.240 e. The second kappa shape index (κ2) is 31.9. The molecule has 9 aromatic heterocycles. The molecule has 0 amide bonds. The highest BCUT2D eigenvalue weighted by Gasteiger charge is 2.28. The highest BCUT2D eigenvalue weighted by Crippen LogP contribution is 2.46. The SMILES string of the molecule is CCCCCCc1ccc(-c2nc3c4nc(-c5ccc(CCCCCC)s5)c(-c5ccc(CCCCCC)s5)nc4c4nc(-c5ccc(CCCCCC)s5)c(-c5ccc(CCCCCC)s5)nc4c3nc2-c2ccc(CCCCCC)s2)s1. The molecule has 0 radical (unpaired) electrons. The van der Waals surface area contributed by atoms with Crippen molar-refractivity contribution in [2.45, 2.75) is 234 Å². The number of hydrogen-bond acceptors (Lipinski definition) is 12. The highest BCUT2D eigenvalue weighted by atomic mass is 32.1. The van der Waals surface area contributed by atoms with Crippen LogP contribution >= 0.6 is 68.0 Å². The molecule has 0 aliphatic carbocycles. The first-order valence-corrected chi connectivity index (χ1v) is 37.6. The minimum atomic E-state index is 0.742. The average Bonchev–Trinajstić information content (AvgIpc) is 2.18. The molecule has 0 saturated carbocycles. The van der Waals surface area contributed by atoms with E-state index in [-0.39, 0.29) is 0 Å². The average molecular weight is 1230 g/mol. The molecular weight excluding hydrogens is 1140 g/mol. The van der Waals surface area contributed by atoms with Crippen molar-refractivity contribution in [3.63, 3.8) is 0 Å². The minimum absolute atomic E-state index is 0.742. The molecule has 0 atom stereocenters. The summed E-state index contributed by atoms with van der Waals surface area (Å²) in [6.07, 6.45) is 36.2. The predicted molar refractivity (Wildman–Crippen MR) is 373 cm³/mol. The van der Waals surface area contributed by atoms with Crippen molar-refractivity contribution < 1.29 is 0 Å². The van der Waals surface area contributed by atoms with E-state index in [1.165, 1.54) is 183 Å². The van der Waals surface area contributed by atoms with Gasteiger partial charge in [0.15, 0.2) is 0 Å². The fourth-order valence-electron chi connectivity index (χ4n) is 11.5. The van der Waals surface area contributed by atoms with E-state index in [9.17, 15) is 0 Å². The summed E-state index contributed by atoms with van der Waals surface area (Å²) in [5, 5.41) is 0. The van der Waals surface area contributed by atoms with E-state index < -0.39 is 0 Å². The summed E-state index contributed by atoms with van der Waals surface area (Å²) in [4.78, 5) is 51.0. The zero-order valence-electron chi connectivity index (χ0n) is 51.3. The van der Waals surface area contributed by atoms with Crippen LogP contribution in [-0.4, -0.2) is 29.9 Å². The van der Waals surface area contributed by atoms with Crippen LogP contribution in [0.25, 0.3) is 96.5 Å². The topological polar surface area (TPSA) is 77.3 Å². The number of aromatic nitrogens is 6. The van der Waals surface area contributed by atoms with Crippen LogP contribution in [0.15, 0.2) is 72.8 Å². The van der Waals surface area contributed by atoms with Gasteiger partial charge in [-0.2, -0.15) is 0 Å². The molecular formula is C72H90N6S6. The van der Waals surface area contributed by atoms with Gasteiger partial charge in [0.25, 0.3) is 0 Å². The molecule has 84 heavy (non-hydrogen) atoms. The summed E-state index contributed by atoms with van der Waals surface area (Å²) >= 11 is 11.3. The first kappa shape index (κ1) is 62.5. The zero-order chi connectivity index (χ0) is 58.0. The van der Waals surface area contributed by atoms with Crippen molar-refractivity contribution in [2.24, 2.45) is 0 Å². The first-order chi connectivity index (χ1) is 41.4. The lowest BCUT2D eigenvalue weighted by Gasteiger charge is -2.15. The Labute approximate surface area is 526 Å². The Kier molecular flexibility index (Phi) is 23.7. The molecule has 10 rings (SSSR count). The lowest BCUT2D eigenvalue weighted by molar-refractivity contribution is 0.670. The van der Waals surface area contributed by atoms with Gasteiger partial charge in [0.05, 0.1) is 29.3 Å². The number of hydrogen-bond donors (Lipinski definition) is 0. The maximum absolute atomic E-state index is 5.95. The summed E-state index contributed by atoms with van der Waals surface area (Å²) in [6.45, 7) is 13.8. The lowest BCUT2D eigenvalue weighted by atomic mass is 10.1. The third-order valence-electron chi connectivity index (χ3n) is 16.4. The Hall–Kier alpha value is -4.56. The standard InChI is InChI=1S/C72H90N6S6/c1-7-13-19-25-31-49-37-43-55(79-49)61-62(56-44-38-50(80-56)32-26-20-14-8-2)74-68-67(73-61)69-71(77-64(58-46-40-52(82-58)34-28-22-16-10-4)63(75-69)57-45-39-51(81-57)33-27-21-15-9-3)72-70(68)76-65(59-47-41-53(83-59)35-29-23-17-11-5)66(78-72)60-48-42-54(84-60)36-30-24-18-12-6/h37-48H,7-36H2,1-6H3. The number of nitrogens with zero attached hydrogens (tertiary/aromatic N) is 6.